The highest BCUT2D eigenvalue weighted by Crippen LogP contribution is 2.36. The van der Waals surface area contributed by atoms with Gasteiger partial charge in [-0.2, -0.15) is 0 Å². The first kappa shape index (κ1) is 31.7. The number of methoxy groups -OCH3 is 2. The molecule has 46 heavy (non-hydrogen) atoms. The third-order valence-corrected chi connectivity index (χ3v) is 10.3. The summed E-state index contributed by atoms with van der Waals surface area (Å²) in [5, 5.41) is 2.84. The second-order valence-electron chi connectivity index (χ2n) is 12.6. The molecule has 4 aromatic rings. The summed E-state index contributed by atoms with van der Waals surface area (Å²) >= 11 is 1.54. The van der Waals surface area contributed by atoms with Gasteiger partial charge in [-0.3, -0.25) is 9.59 Å². The van der Waals surface area contributed by atoms with Gasteiger partial charge in [0.2, 0.25) is 0 Å². The first-order chi connectivity index (χ1) is 22.2. The van der Waals surface area contributed by atoms with Gasteiger partial charge in [0.25, 0.3) is 11.8 Å². The Hall–Kier alpha value is -4.24. The van der Waals surface area contributed by atoms with Gasteiger partial charge in [0, 0.05) is 49.0 Å². The maximum Gasteiger partial charge on any atom is 0.273 e. The van der Waals surface area contributed by atoms with Crippen molar-refractivity contribution in [3.05, 3.63) is 99.5 Å². The van der Waals surface area contributed by atoms with Crippen LogP contribution in [0.15, 0.2) is 72.1 Å². The zero-order chi connectivity index (χ0) is 32.4. The van der Waals surface area contributed by atoms with Crippen molar-refractivity contribution in [2.75, 3.05) is 40.4 Å². The predicted octanol–water partition coefficient (Wildman–Crippen LogP) is 7.68. The lowest BCUT2D eigenvalue weighted by molar-refractivity contribution is 0.0713. The normalized spacial score (nSPS) is 17.3. The zero-order valence-electron chi connectivity index (χ0n) is 26.8. The number of aromatic nitrogens is 1. The summed E-state index contributed by atoms with van der Waals surface area (Å²) in [6.45, 7) is 5.65. The van der Waals surface area contributed by atoms with Gasteiger partial charge in [0.15, 0.2) is 11.5 Å². The molecular formula is C37H40FN3O4S. The Kier molecular flexibility index (Phi) is 9.13. The lowest BCUT2D eigenvalue weighted by atomic mass is 9.93. The molecule has 2 amide bonds. The van der Waals surface area contributed by atoms with Crippen LogP contribution in [0.2, 0.25) is 0 Å². The molecule has 2 aliphatic rings. The van der Waals surface area contributed by atoms with Crippen LogP contribution in [-0.2, 0) is 5.67 Å². The third-order valence-electron chi connectivity index (χ3n) is 9.27. The van der Waals surface area contributed by atoms with Crippen LogP contribution >= 0.6 is 11.3 Å². The number of rotatable bonds is 8. The highest BCUT2D eigenvalue weighted by molar-refractivity contribution is 7.09. The number of hydrogen-bond acceptors (Lipinski definition) is 6. The molecule has 0 aliphatic carbocycles. The van der Waals surface area contributed by atoms with Crippen molar-refractivity contribution in [3.8, 4) is 22.6 Å². The Balaban J connectivity index is 1.07. The van der Waals surface area contributed by atoms with Gasteiger partial charge >= 0.3 is 0 Å². The molecule has 0 saturated carbocycles. The summed E-state index contributed by atoms with van der Waals surface area (Å²) < 4.78 is 25.2. The van der Waals surface area contributed by atoms with Crippen LogP contribution in [0.1, 0.15) is 81.9 Å². The third kappa shape index (κ3) is 6.51. The molecule has 2 aliphatic heterocycles. The first-order valence-electron chi connectivity index (χ1n) is 15.8. The number of carbonyl (C=O) groups is 2. The smallest absolute Gasteiger partial charge is 0.273 e. The van der Waals surface area contributed by atoms with E-state index in [1.807, 2.05) is 69.8 Å². The number of amides is 2. The molecule has 240 valence electrons. The molecule has 2 fully saturated rings. The fourth-order valence-corrected chi connectivity index (χ4v) is 7.49. The van der Waals surface area contributed by atoms with Crippen LogP contribution < -0.4 is 9.47 Å². The van der Waals surface area contributed by atoms with Gasteiger partial charge < -0.3 is 19.3 Å². The van der Waals surface area contributed by atoms with Gasteiger partial charge in [-0.05, 0) is 73.6 Å². The number of halogens is 1. The van der Waals surface area contributed by atoms with Crippen LogP contribution in [-0.4, -0.2) is 67.0 Å². The highest BCUT2D eigenvalue weighted by atomic mass is 32.1. The van der Waals surface area contributed by atoms with Crippen LogP contribution in [0.25, 0.3) is 11.1 Å². The molecule has 0 radical (unpaired) electrons. The number of likely N-dealkylation sites (tertiary alicyclic amines) is 2. The molecule has 6 rings (SSSR count). The summed E-state index contributed by atoms with van der Waals surface area (Å²) in [5.74, 6) is 1.79. The minimum Gasteiger partial charge on any atom is -0.493 e. The largest absolute Gasteiger partial charge is 0.493 e. The van der Waals surface area contributed by atoms with Gasteiger partial charge in [0.1, 0.15) is 11.4 Å². The van der Waals surface area contributed by atoms with E-state index in [0.29, 0.717) is 54.5 Å². The topological polar surface area (TPSA) is 72.0 Å². The maximum atomic E-state index is 14.4. The monoisotopic (exact) mass is 641 g/mol. The molecule has 7 nitrogen and oxygen atoms in total. The Bertz CT molecular complexity index is 1710. The van der Waals surface area contributed by atoms with E-state index in [2.05, 4.69) is 0 Å². The Morgan fingerprint density at radius 2 is 1.52 bits per heavy atom. The lowest BCUT2D eigenvalue weighted by Crippen LogP contribution is -2.38. The van der Waals surface area contributed by atoms with Crippen molar-refractivity contribution in [3.63, 3.8) is 0 Å². The van der Waals surface area contributed by atoms with Crippen molar-refractivity contribution in [2.45, 2.75) is 50.6 Å². The second kappa shape index (κ2) is 13.2. The molecule has 2 saturated heterocycles. The number of carbonyl (C=O) groups excluding carboxylic acids is 2. The molecule has 0 bridgehead atoms. The van der Waals surface area contributed by atoms with E-state index in [1.165, 1.54) is 11.3 Å². The van der Waals surface area contributed by atoms with Crippen molar-refractivity contribution in [1.29, 1.82) is 0 Å². The average molecular weight is 642 g/mol. The zero-order valence-corrected chi connectivity index (χ0v) is 27.6. The molecule has 1 unspecified atom stereocenters. The fourth-order valence-electron chi connectivity index (χ4n) is 6.53. The van der Waals surface area contributed by atoms with Gasteiger partial charge in [-0.25, -0.2) is 9.37 Å². The van der Waals surface area contributed by atoms with E-state index in [0.717, 1.165) is 41.0 Å². The fraction of sp³-hybridized carbons (Fsp3) is 0.378. The average Bonchev–Trinajstić information content (AvgIpc) is 3.78. The van der Waals surface area contributed by atoms with Crippen molar-refractivity contribution in [2.24, 2.45) is 0 Å². The highest BCUT2D eigenvalue weighted by Gasteiger charge is 2.32. The Labute approximate surface area is 274 Å². The molecule has 0 N–H and O–H groups in total. The van der Waals surface area contributed by atoms with E-state index in [-0.39, 0.29) is 23.7 Å². The summed E-state index contributed by atoms with van der Waals surface area (Å²) in [6, 6.07) is 20.9. The minimum atomic E-state index is -1.42. The number of benzene rings is 3. The lowest BCUT2D eigenvalue weighted by Gasteiger charge is -2.31. The van der Waals surface area contributed by atoms with E-state index in [4.69, 9.17) is 14.5 Å². The predicted molar refractivity (Wildman–Crippen MR) is 179 cm³/mol. The number of nitrogens with zero attached hydrogens (tertiary/aromatic N) is 3. The molecule has 1 atom stereocenters. The van der Waals surface area contributed by atoms with Crippen LogP contribution in [0.3, 0.4) is 0 Å². The number of piperidine rings is 1. The van der Waals surface area contributed by atoms with E-state index < -0.39 is 5.67 Å². The summed E-state index contributed by atoms with van der Waals surface area (Å²) in [5.41, 5.74) is 3.20. The maximum absolute atomic E-state index is 14.4. The first-order valence-corrected chi connectivity index (χ1v) is 16.7. The summed E-state index contributed by atoms with van der Waals surface area (Å²) in [4.78, 5) is 35.7. The van der Waals surface area contributed by atoms with E-state index in [9.17, 15) is 14.0 Å². The van der Waals surface area contributed by atoms with Gasteiger partial charge in [-0.1, -0.05) is 48.5 Å². The van der Waals surface area contributed by atoms with Crippen molar-refractivity contribution in [1.82, 2.24) is 14.8 Å². The SMILES string of the molecule is COc1ccc(C2CCN(C(=O)c3csc(C4CCN(C(=O)c5ccccc5-c5ccc(C(C)(C)F)cc5)CC4)n3)C2)cc1OC. The van der Waals surface area contributed by atoms with E-state index >= 15 is 0 Å². The molecular weight excluding hydrogens is 601 g/mol. The minimum absolute atomic E-state index is 0.00276. The number of alkyl halides is 1. The number of hydrogen-bond donors (Lipinski definition) is 0. The molecule has 9 heteroatoms. The van der Waals surface area contributed by atoms with Crippen LogP contribution in [0.4, 0.5) is 4.39 Å². The summed E-state index contributed by atoms with van der Waals surface area (Å²) in [7, 11) is 3.25. The second-order valence-corrected chi connectivity index (χ2v) is 13.5. The van der Waals surface area contributed by atoms with E-state index in [1.54, 1.807) is 40.2 Å². The quantitative estimate of drug-likeness (QED) is 0.197. The Morgan fingerprint density at radius 3 is 2.22 bits per heavy atom. The van der Waals surface area contributed by atoms with Crippen molar-refractivity contribution < 1.29 is 23.5 Å². The van der Waals surface area contributed by atoms with Gasteiger partial charge in [0.05, 0.1) is 19.2 Å². The van der Waals surface area contributed by atoms with Crippen LogP contribution in [0, 0.1) is 0 Å². The molecule has 1 aromatic heterocycles. The number of ether oxygens (including phenoxy) is 2. The molecule has 0 spiro atoms. The van der Waals surface area contributed by atoms with Crippen LogP contribution in [0.5, 0.6) is 11.5 Å². The van der Waals surface area contributed by atoms with Gasteiger partial charge in [-0.15, -0.1) is 11.3 Å². The molecule has 3 aromatic carbocycles. The Morgan fingerprint density at radius 1 is 0.848 bits per heavy atom. The van der Waals surface area contributed by atoms with Crippen molar-refractivity contribution >= 4 is 23.2 Å². The summed E-state index contributed by atoms with van der Waals surface area (Å²) in [6.07, 6.45) is 2.47. The molecule has 3 heterocycles. The number of thiazole rings is 1. The standard InChI is InChI=1S/C37H40FN3O4S/c1-37(2,38)28-12-9-24(10-13-28)29-7-5-6-8-30(29)35(42)40-18-15-25(16-19-40)34-39-31(23-46-34)36(43)41-20-17-27(22-41)26-11-14-32(44-3)33(21-26)45-4/h5-14,21,23,25,27H,15-20,22H2,1-4H3.